The maximum Gasteiger partial charge on any atom is 0.327 e. The van der Waals surface area contributed by atoms with Gasteiger partial charge in [-0.05, 0) is 19.1 Å². The lowest BCUT2D eigenvalue weighted by molar-refractivity contribution is -0.145. The van der Waals surface area contributed by atoms with Crippen molar-refractivity contribution in [3.63, 3.8) is 0 Å². The first-order valence-corrected chi connectivity index (χ1v) is 6.34. The minimum Gasteiger partial charge on any atom is -0.492 e. The zero-order valence-corrected chi connectivity index (χ0v) is 11.1. The van der Waals surface area contributed by atoms with Crippen LogP contribution in [0.25, 0.3) is 0 Å². The standard InChI is InChI=1S/C12H14BrNO3/c1-2-16-12(15)11-9-4-3-8(13)7-10(9)17-6-5-14-11/h3-4,7,11,14H,2,5-6H2,1H3. The van der Waals surface area contributed by atoms with E-state index in [1.54, 1.807) is 6.92 Å². The number of fused-ring (bicyclic) bond motifs is 1. The van der Waals surface area contributed by atoms with Gasteiger partial charge in [0.1, 0.15) is 18.4 Å². The second-order valence-electron chi connectivity index (χ2n) is 3.67. The molecule has 1 aliphatic heterocycles. The maximum absolute atomic E-state index is 11.8. The van der Waals surface area contributed by atoms with Crippen LogP contribution in [0.3, 0.4) is 0 Å². The number of esters is 1. The third-order valence-corrected chi connectivity index (χ3v) is 3.01. The fourth-order valence-corrected chi connectivity index (χ4v) is 2.12. The average Bonchev–Trinajstić information content (AvgIpc) is 2.51. The first kappa shape index (κ1) is 12.4. The van der Waals surface area contributed by atoms with Crippen molar-refractivity contribution in [2.24, 2.45) is 0 Å². The summed E-state index contributed by atoms with van der Waals surface area (Å²) in [6.07, 6.45) is 0. The van der Waals surface area contributed by atoms with E-state index in [1.165, 1.54) is 0 Å². The van der Waals surface area contributed by atoms with Gasteiger partial charge in [0.2, 0.25) is 0 Å². The number of rotatable bonds is 2. The number of hydrogen-bond acceptors (Lipinski definition) is 4. The molecular weight excluding hydrogens is 286 g/mol. The van der Waals surface area contributed by atoms with E-state index in [9.17, 15) is 4.79 Å². The van der Waals surface area contributed by atoms with Gasteiger partial charge in [-0.3, -0.25) is 5.32 Å². The van der Waals surface area contributed by atoms with Crippen LogP contribution in [0.2, 0.25) is 0 Å². The number of hydrogen-bond donors (Lipinski definition) is 1. The molecule has 92 valence electrons. The summed E-state index contributed by atoms with van der Waals surface area (Å²) in [6.45, 7) is 3.34. The van der Waals surface area contributed by atoms with Crippen molar-refractivity contribution in [2.45, 2.75) is 13.0 Å². The quantitative estimate of drug-likeness (QED) is 0.849. The largest absolute Gasteiger partial charge is 0.492 e. The highest BCUT2D eigenvalue weighted by molar-refractivity contribution is 9.10. The fraction of sp³-hybridized carbons (Fsp3) is 0.417. The van der Waals surface area contributed by atoms with Crippen LogP contribution < -0.4 is 10.1 Å². The lowest BCUT2D eigenvalue weighted by Gasteiger charge is -2.16. The molecule has 0 amide bonds. The summed E-state index contributed by atoms with van der Waals surface area (Å²) in [4.78, 5) is 11.8. The molecule has 0 saturated carbocycles. The number of halogens is 1. The summed E-state index contributed by atoms with van der Waals surface area (Å²) in [5, 5.41) is 3.13. The van der Waals surface area contributed by atoms with Crippen LogP contribution in [0.1, 0.15) is 18.5 Å². The van der Waals surface area contributed by atoms with Gasteiger partial charge in [0.25, 0.3) is 0 Å². The van der Waals surface area contributed by atoms with E-state index < -0.39 is 6.04 Å². The van der Waals surface area contributed by atoms with Crippen LogP contribution in [0, 0.1) is 0 Å². The Labute approximate surface area is 108 Å². The summed E-state index contributed by atoms with van der Waals surface area (Å²) >= 11 is 3.39. The van der Waals surface area contributed by atoms with Crippen molar-refractivity contribution in [3.05, 3.63) is 28.2 Å². The Balaban J connectivity index is 2.33. The zero-order valence-electron chi connectivity index (χ0n) is 9.53. The molecule has 0 radical (unpaired) electrons. The summed E-state index contributed by atoms with van der Waals surface area (Å²) < 4.78 is 11.6. The smallest absolute Gasteiger partial charge is 0.327 e. The molecular formula is C12H14BrNO3. The first-order chi connectivity index (χ1) is 8.22. The van der Waals surface area contributed by atoms with Crippen LogP contribution in [0.4, 0.5) is 0 Å². The third kappa shape index (κ3) is 2.79. The normalized spacial score (nSPS) is 18.8. The molecule has 1 aromatic rings. The molecule has 5 heteroatoms. The Morgan fingerprint density at radius 2 is 2.47 bits per heavy atom. The monoisotopic (exact) mass is 299 g/mol. The summed E-state index contributed by atoms with van der Waals surface area (Å²) in [5.74, 6) is 0.462. The van der Waals surface area contributed by atoms with Gasteiger partial charge in [0.15, 0.2) is 0 Å². The average molecular weight is 300 g/mol. The number of ether oxygens (including phenoxy) is 2. The van der Waals surface area contributed by atoms with E-state index in [2.05, 4.69) is 21.2 Å². The Bertz CT molecular complexity index is 422. The molecule has 2 rings (SSSR count). The molecule has 1 aromatic carbocycles. The molecule has 1 aliphatic rings. The molecule has 1 heterocycles. The van der Waals surface area contributed by atoms with E-state index in [4.69, 9.17) is 9.47 Å². The molecule has 17 heavy (non-hydrogen) atoms. The maximum atomic E-state index is 11.8. The lowest BCUT2D eigenvalue weighted by atomic mass is 10.1. The topological polar surface area (TPSA) is 47.6 Å². The number of nitrogens with one attached hydrogen (secondary N) is 1. The van der Waals surface area contributed by atoms with Gasteiger partial charge in [-0.1, -0.05) is 22.0 Å². The Morgan fingerprint density at radius 1 is 1.65 bits per heavy atom. The van der Waals surface area contributed by atoms with Gasteiger partial charge in [-0.25, -0.2) is 4.79 Å². The van der Waals surface area contributed by atoms with Gasteiger partial charge in [0, 0.05) is 16.6 Å². The molecule has 1 N–H and O–H groups in total. The SMILES string of the molecule is CCOC(=O)C1NCCOc2cc(Br)ccc21. The molecule has 0 aliphatic carbocycles. The summed E-state index contributed by atoms with van der Waals surface area (Å²) in [7, 11) is 0. The Hall–Kier alpha value is -1.07. The molecule has 0 saturated heterocycles. The van der Waals surface area contributed by atoms with Crippen molar-refractivity contribution in [3.8, 4) is 5.75 Å². The Kier molecular flexibility index (Phi) is 4.02. The first-order valence-electron chi connectivity index (χ1n) is 5.54. The van der Waals surface area contributed by atoms with Gasteiger partial charge in [-0.15, -0.1) is 0 Å². The van der Waals surface area contributed by atoms with Crippen LogP contribution in [0.15, 0.2) is 22.7 Å². The number of benzene rings is 1. The van der Waals surface area contributed by atoms with Gasteiger partial charge < -0.3 is 9.47 Å². The zero-order chi connectivity index (χ0) is 12.3. The number of carbonyl (C=O) groups is 1. The molecule has 4 nitrogen and oxygen atoms in total. The minimum absolute atomic E-state index is 0.262. The molecule has 1 unspecified atom stereocenters. The van der Waals surface area contributed by atoms with Crippen molar-refractivity contribution in [1.29, 1.82) is 0 Å². The molecule has 0 spiro atoms. The Morgan fingerprint density at radius 3 is 3.24 bits per heavy atom. The van der Waals surface area contributed by atoms with E-state index in [0.29, 0.717) is 19.8 Å². The molecule has 0 fully saturated rings. The van der Waals surface area contributed by atoms with E-state index in [1.807, 2.05) is 18.2 Å². The van der Waals surface area contributed by atoms with Crippen LogP contribution in [-0.4, -0.2) is 25.7 Å². The number of carbonyl (C=O) groups excluding carboxylic acids is 1. The predicted molar refractivity (Wildman–Crippen MR) is 67.0 cm³/mol. The highest BCUT2D eigenvalue weighted by Gasteiger charge is 2.26. The summed E-state index contributed by atoms with van der Waals surface area (Å²) in [6, 6.07) is 5.19. The molecule has 0 aromatic heterocycles. The van der Waals surface area contributed by atoms with Crippen LogP contribution in [0.5, 0.6) is 5.75 Å². The van der Waals surface area contributed by atoms with Gasteiger partial charge in [0.05, 0.1) is 6.61 Å². The predicted octanol–water partition coefficient (Wildman–Crippen LogP) is 2.04. The lowest BCUT2D eigenvalue weighted by Crippen LogP contribution is -2.30. The highest BCUT2D eigenvalue weighted by atomic mass is 79.9. The summed E-state index contributed by atoms with van der Waals surface area (Å²) in [5.41, 5.74) is 0.823. The fourth-order valence-electron chi connectivity index (χ4n) is 1.78. The molecule has 1 atom stereocenters. The minimum atomic E-state index is -0.444. The van der Waals surface area contributed by atoms with Crippen LogP contribution >= 0.6 is 15.9 Å². The van der Waals surface area contributed by atoms with Crippen molar-refractivity contribution >= 4 is 21.9 Å². The van der Waals surface area contributed by atoms with Crippen molar-refractivity contribution < 1.29 is 14.3 Å². The molecule has 0 bridgehead atoms. The van der Waals surface area contributed by atoms with E-state index in [-0.39, 0.29) is 5.97 Å². The van der Waals surface area contributed by atoms with E-state index >= 15 is 0 Å². The second kappa shape index (κ2) is 5.51. The highest BCUT2D eigenvalue weighted by Crippen LogP contribution is 2.30. The van der Waals surface area contributed by atoms with Crippen LogP contribution in [-0.2, 0) is 9.53 Å². The second-order valence-corrected chi connectivity index (χ2v) is 4.59. The third-order valence-electron chi connectivity index (χ3n) is 2.52. The van der Waals surface area contributed by atoms with Crippen molar-refractivity contribution in [1.82, 2.24) is 5.32 Å². The van der Waals surface area contributed by atoms with Crippen molar-refractivity contribution in [2.75, 3.05) is 19.8 Å². The van der Waals surface area contributed by atoms with E-state index in [0.717, 1.165) is 15.8 Å². The van der Waals surface area contributed by atoms with Gasteiger partial charge in [-0.2, -0.15) is 0 Å². The van der Waals surface area contributed by atoms with Gasteiger partial charge >= 0.3 is 5.97 Å².